The van der Waals surface area contributed by atoms with E-state index in [9.17, 15) is 0 Å². The summed E-state index contributed by atoms with van der Waals surface area (Å²) in [4.78, 5) is 0. The molecule has 1 fully saturated rings. The van der Waals surface area contributed by atoms with E-state index in [4.69, 9.17) is 18.9 Å². The van der Waals surface area contributed by atoms with Crippen molar-refractivity contribution in [3.63, 3.8) is 0 Å². The lowest BCUT2D eigenvalue weighted by atomic mass is 9.93. The first-order valence-corrected chi connectivity index (χ1v) is 9.90. The van der Waals surface area contributed by atoms with E-state index in [-0.39, 0.29) is 0 Å². The van der Waals surface area contributed by atoms with E-state index in [1.54, 1.807) is 21.3 Å². The maximum absolute atomic E-state index is 5.50. The molecule has 0 spiro atoms. The van der Waals surface area contributed by atoms with E-state index in [1.807, 2.05) is 0 Å². The minimum Gasteiger partial charge on any atom is -0.373 e. The van der Waals surface area contributed by atoms with Crippen LogP contribution in [0.2, 0.25) is 0 Å². The van der Waals surface area contributed by atoms with Gasteiger partial charge in [0.1, 0.15) is 0 Å². The van der Waals surface area contributed by atoms with Crippen LogP contribution in [0.1, 0.15) is 85.0 Å². The lowest BCUT2D eigenvalue weighted by Gasteiger charge is -2.36. The second-order valence-corrected chi connectivity index (χ2v) is 6.62. The number of rotatable bonds is 14. The summed E-state index contributed by atoms with van der Waals surface area (Å²) in [5, 5.41) is 0. The quantitative estimate of drug-likeness (QED) is 0.235. The van der Waals surface area contributed by atoms with Gasteiger partial charge in [-0.25, -0.2) is 0 Å². The molecule has 0 aromatic rings. The zero-order valence-electron chi connectivity index (χ0n) is 17.1. The van der Waals surface area contributed by atoms with Gasteiger partial charge in [-0.2, -0.15) is 0 Å². The molecular formula is C20H42O4. The third-order valence-electron chi connectivity index (χ3n) is 4.75. The molecule has 1 saturated heterocycles. The van der Waals surface area contributed by atoms with Crippen LogP contribution in [0, 0.1) is 5.92 Å². The van der Waals surface area contributed by atoms with Gasteiger partial charge in [0.15, 0.2) is 0 Å². The van der Waals surface area contributed by atoms with Gasteiger partial charge in [0.2, 0.25) is 0 Å². The molecule has 0 bridgehead atoms. The number of hydrogen-bond donors (Lipinski definition) is 0. The normalized spacial score (nSPS) is 18.0. The standard InChI is InChI=1S/C16H34O3.C4H8O/c1-6-8-9-10-11-12-14-15(13-7-2)16(17-3,18-4)19-5;1-2-4-3-5-4/h15H,6-14H2,1-5H3;4H,2-3H2,1H3. The Kier molecular flexibility index (Phi) is 15.0. The van der Waals surface area contributed by atoms with Gasteiger partial charge in [0.05, 0.1) is 12.7 Å². The largest absolute Gasteiger partial charge is 0.373 e. The van der Waals surface area contributed by atoms with Gasteiger partial charge in [-0.05, 0) is 19.3 Å². The van der Waals surface area contributed by atoms with Crippen LogP contribution in [0.5, 0.6) is 0 Å². The average molecular weight is 347 g/mol. The molecule has 1 aliphatic heterocycles. The molecule has 0 aromatic heterocycles. The van der Waals surface area contributed by atoms with E-state index < -0.39 is 5.97 Å². The summed E-state index contributed by atoms with van der Waals surface area (Å²) in [6, 6.07) is 0. The van der Waals surface area contributed by atoms with Crippen molar-refractivity contribution >= 4 is 0 Å². The van der Waals surface area contributed by atoms with Gasteiger partial charge in [-0.1, -0.05) is 65.7 Å². The van der Waals surface area contributed by atoms with Crippen LogP contribution in [0.4, 0.5) is 0 Å². The summed E-state index contributed by atoms with van der Waals surface area (Å²) >= 11 is 0. The van der Waals surface area contributed by atoms with Crippen molar-refractivity contribution < 1.29 is 18.9 Å². The molecule has 1 heterocycles. The van der Waals surface area contributed by atoms with Gasteiger partial charge >= 0.3 is 0 Å². The molecule has 4 heteroatoms. The Labute approximate surface area is 150 Å². The molecule has 146 valence electrons. The van der Waals surface area contributed by atoms with E-state index in [2.05, 4.69) is 20.8 Å². The van der Waals surface area contributed by atoms with E-state index >= 15 is 0 Å². The lowest BCUT2D eigenvalue weighted by Crippen LogP contribution is -2.44. The van der Waals surface area contributed by atoms with Crippen molar-refractivity contribution in [3.8, 4) is 0 Å². The first kappa shape index (κ1) is 23.8. The maximum Gasteiger partial charge on any atom is 0.285 e. The molecule has 0 N–H and O–H groups in total. The minimum absolute atomic E-state index is 0.309. The lowest BCUT2D eigenvalue weighted by molar-refractivity contribution is -0.380. The Balaban J connectivity index is 0.000000889. The highest BCUT2D eigenvalue weighted by Crippen LogP contribution is 2.32. The number of epoxide rings is 1. The van der Waals surface area contributed by atoms with Crippen molar-refractivity contribution in [2.45, 2.75) is 97.1 Å². The molecule has 1 rings (SSSR count). The van der Waals surface area contributed by atoms with Crippen LogP contribution in [0.25, 0.3) is 0 Å². The Morgan fingerprint density at radius 2 is 1.38 bits per heavy atom. The number of methoxy groups -OCH3 is 3. The zero-order valence-corrected chi connectivity index (χ0v) is 17.1. The molecule has 2 unspecified atom stereocenters. The molecule has 0 aromatic carbocycles. The maximum atomic E-state index is 5.50. The molecule has 0 radical (unpaired) electrons. The van der Waals surface area contributed by atoms with Crippen molar-refractivity contribution in [1.82, 2.24) is 0 Å². The highest BCUT2D eigenvalue weighted by molar-refractivity contribution is 4.71. The van der Waals surface area contributed by atoms with Crippen LogP contribution in [-0.4, -0.2) is 40.0 Å². The summed E-state index contributed by atoms with van der Waals surface area (Å²) in [6.07, 6.45) is 13.0. The second-order valence-electron chi connectivity index (χ2n) is 6.62. The molecule has 0 amide bonds. The predicted octanol–water partition coefficient (Wildman–Crippen LogP) is 5.54. The summed E-state index contributed by atoms with van der Waals surface area (Å²) in [5.74, 6) is -0.553. The van der Waals surface area contributed by atoms with Gasteiger partial charge in [0.25, 0.3) is 5.97 Å². The number of ether oxygens (including phenoxy) is 4. The van der Waals surface area contributed by atoms with Gasteiger partial charge in [-0.15, -0.1) is 0 Å². The Hall–Kier alpha value is -0.160. The van der Waals surface area contributed by atoms with Crippen LogP contribution in [0.3, 0.4) is 0 Å². The van der Waals surface area contributed by atoms with E-state index in [1.165, 1.54) is 44.9 Å². The molecule has 0 aliphatic carbocycles. The highest BCUT2D eigenvalue weighted by atomic mass is 16.9. The monoisotopic (exact) mass is 346 g/mol. The van der Waals surface area contributed by atoms with Crippen LogP contribution in [0.15, 0.2) is 0 Å². The second kappa shape index (κ2) is 15.1. The van der Waals surface area contributed by atoms with Crippen molar-refractivity contribution in [1.29, 1.82) is 0 Å². The first-order chi connectivity index (χ1) is 11.6. The van der Waals surface area contributed by atoms with E-state index in [0.717, 1.165) is 25.9 Å². The van der Waals surface area contributed by atoms with Gasteiger partial charge < -0.3 is 18.9 Å². The summed E-state index contributed by atoms with van der Waals surface area (Å²) in [5.41, 5.74) is 0. The van der Waals surface area contributed by atoms with Crippen LogP contribution < -0.4 is 0 Å². The number of hydrogen-bond acceptors (Lipinski definition) is 4. The van der Waals surface area contributed by atoms with Crippen molar-refractivity contribution in [2.75, 3.05) is 27.9 Å². The summed E-state index contributed by atoms with van der Waals surface area (Å²) in [7, 11) is 4.99. The van der Waals surface area contributed by atoms with Gasteiger partial charge in [0, 0.05) is 27.2 Å². The van der Waals surface area contributed by atoms with Crippen molar-refractivity contribution in [3.05, 3.63) is 0 Å². The zero-order chi connectivity index (χ0) is 18.3. The van der Waals surface area contributed by atoms with E-state index in [0.29, 0.717) is 12.0 Å². The van der Waals surface area contributed by atoms with Crippen molar-refractivity contribution in [2.24, 2.45) is 5.92 Å². The molecule has 4 nitrogen and oxygen atoms in total. The minimum atomic E-state index is -0.862. The average Bonchev–Trinajstić information content (AvgIpc) is 3.45. The number of unbranched alkanes of at least 4 members (excludes halogenated alkanes) is 5. The topological polar surface area (TPSA) is 40.2 Å². The van der Waals surface area contributed by atoms with Crippen LogP contribution in [-0.2, 0) is 18.9 Å². The fraction of sp³-hybridized carbons (Fsp3) is 1.00. The molecular weight excluding hydrogens is 304 g/mol. The molecule has 1 aliphatic rings. The fourth-order valence-electron chi connectivity index (χ4n) is 3.07. The molecule has 2 atom stereocenters. The molecule has 0 saturated carbocycles. The predicted molar refractivity (Wildman–Crippen MR) is 100 cm³/mol. The van der Waals surface area contributed by atoms with Gasteiger partial charge in [-0.3, -0.25) is 0 Å². The third-order valence-corrected chi connectivity index (χ3v) is 4.75. The first-order valence-electron chi connectivity index (χ1n) is 9.90. The third kappa shape index (κ3) is 9.97. The smallest absolute Gasteiger partial charge is 0.285 e. The summed E-state index contributed by atoms with van der Waals surface area (Å²) < 4.78 is 21.4. The Bertz CT molecular complexity index is 254. The molecule has 24 heavy (non-hydrogen) atoms. The SMILES string of the molecule is CCC1CO1.CCCCCCCCC(CCC)C(OC)(OC)OC. The summed E-state index contributed by atoms with van der Waals surface area (Å²) in [6.45, 7) is 7.59. The highest BCUT2D eigenvalue weighted by Gasteiger charge is 2.38. The fourth-order valence-corrected chi connectivity index (χ4v) is 3.07. The Morgan fingerprint density at radius 3 is 1.75 bits per heavy atom. The Morgan fingerprint density at radius 1 is 0.833 bits per heavy atom. The van der Waals surface area contributed by atoms with Crippen LogP contribution >= 0.6 is 0 Å².